The molecule has 0 amide bonds. The van der Waals surface area contributed by atoms with Crippen LogP contribution < -0.4 is 20.2 Å². The summed E-state index contributed by atoms with van der Waals surface area (Å²) in [4.78, 5) is 14.0. The molecule has 0 radical (unpaired) electrons. The van der Waals surface area contributed by atoms with Crippen LogP contribution in [0.5, 0.6) is 17.6 Å². The molecular formula is C24H26N4O3. The molecule has 0 aliphatic heterocycles. The van der Waals surface area contributed by atoms with Crippen molar-refractivity contribution in [2.45, 2.75) is 19.4 Å². The van der Waals surface area contributed by atoms with Crippen LogP contribution in [-0.4, -0.2) is 40.5 Å². The van der Waals surface area contributed by atoms with E-state index < -0.39 is 5.60 Å². The van der Waals surface area contributed by atoms with Gasteiger partial charge in [-0.05, 0) is 61.9 Å². The predicted octanol–water partition coefficient (Wildman–Crippen LogP) is 2.86. The van der Waals surface area contributed by atoms with E-state index in [9.17, 15) is 10.2 Å². The highest BCUT2D eigenvalue weighted by Gasteiger charge is 2.16. The molecule has 0 unspecified atom stereocenters. The second kappa shape index (κ2) is 8.97. The third kappa shape index (κ3) is 5.26. The van der Waals surface area contributed by atoms with Crippen LogP contribution in [0.2, 0.25) is 0 Å². The second-order valence-electron chi connectivity index (χ2n) is 7.52. The van der Waals surface area contributed by atoms with Gasteiger partial charge in [0.25, 0.3) is 0 Å². The molecule has 0 bridgehead atoms. The van der Waals surface area contributed by atoms with Crippen LogP contribution in [0.15, 0.2) is 53.5 Å². The summed E-state index contributed by atoms with van der Waals surface area (Å²) in [5.74, 6) is 0.306. The zero-order chi connectivity index (χ0) is 22.6. The van der Waals surface area contributed by atoms with Gasteiger partial charge < -0.3 is 19.8 Å². The van der Waals surface area contributed by atoms with Gasteiger partial charge in [-0.25, -0.2) is 0 Å². The maximum absolute atomic E-state index is 10.1. The fraction of sp³-hybridized carbons (Fsp3) is 0.208. The molecule has 0 saturated heterocycles. The van der Waals surface area contributed by atoms with Gasteiger partial charge in [0, 0.05) is 31.7 Å². The first-order valence-corrected chi connectivity index (χ1v) is 9.72. The number of aliphatic hydroxyl groups is 1. The summed E-state index contributed by atoms with van der Waals surface area (Å²) in [6.07, 6.45) is 3.11. The third-order valence-corrected chi connectivity index (χ3v) is 4.77. The molecule has 1 heterocycles. The van der Waals surface area contributed by atoms with Crippen LogP contribution >= 0.6 is 0 Å². The summed E-state index contributed by atoms with van der Waals surface area (Å²) in [7, 11) is 3.58. The van der Waals surface area contributed by atoms with Gasteiger partial charge in [0.05, 0.1) is 16.2 Å². The Morgan fingerprint density at radius 1 is 1.03 bits per heavy atom. The summed E-state index contributed by atoms with van der Waals surface area (Å²) >= 11 is 0. The lowest BCUT2D eigenvalue weighted by molar-refractivity contribution is 0.0786. The fourth-order valence-electron chi connectivity index (χ4n) is 2.93. The van der Waals surface area contributed by atoms with Gasteiger partial charge in [0.2, 0.25) is 5.88 Å². The second-order valence-corrected chi connectivity index (χ2v) is 7.52. The highest BCUT2D eigenvalue weighted by atomic mass is 16.5. The lowest BCUT2D eigenvalue weighted by Crippen LogP contribution is -2.28. The molecule has 7 nitrogen and oxygen atoms in total. The van der Waals surface area contributed by atoms with Crippen LogP contribution in [0.25, 0.3) is 12.7 Å². The first kappa shape index (κ1) is 22.0. The number of aromatic hydroxyl groups is 1. The van der Waals surface area contributed by atoms with E-state index in [-0.39, 0.29) is 11.9 Å². The van der Waals surface area contributed by atoms with E-state index in [1.165, 1.54) is 6.21 Å². The Bertz CT molecular complexity index is 1180. The molecule has 3 rings (SSSR count). The van der Waals surface area contributed by atoms with E-state index in [0.717, 1.165) is 16.9 Å². The van der Waals surface area contributed by atoms with Gasteiger partial charge in [-0.15, -0.1) is 0 Å². The number of hydrogen-bond donors (Lipinski definition) is 2. The number of ether oxygens (including phenoxy) is 1. The van der Waals surface area contributed by atoms with Crippen molar-refractivity contribution in [2.75, 3.05) is 19.0 Å². The summed E-state index contributed by atoms with van der Waals surface area (Å²) in [6.45, 7) is 7.34. The molecule has 0 saturated carbocycles. The lowest BCUT2D eigenvalue weighted by Gasteiger charge is -2.22. The first-order chi connectivity index (χ1) is 14.7. The van der Waals surface area contributed by atoms with Crippen LogP contribution in [0, 0.1) is 0 Å². The number of rotatable bonds is 6. The Morgan fingerprint density at radius 2 is 1.61 bits per heavy atom. The van der Waals surface area contributed by atoms with E-state index in [1.54, 1.807) is 39.1 Å². The standard InChI is InChI=1S/C24H26N4O3/c1-16-21(14-15-25-4)22(29)27-23(26-16)31-20-12-10-19(11-13-20)28(5)18-8-6-17(7-9-18)24(2,3)30/h6-15,30H,1H2,2-5H3,(H,26,27,29)/b21-14+,25-15-. The van der Waals surface area contributed by atoms with Gasteiger partial charge in [0.15, 0.2) is 0 Å². The van der Waals surface area contributed by atoms with Crippen molar-refractivity contribution >= 4 is 30.2 Å². The number of nitrogens with zero attached hydrogens (tertiary/aromatic N) is 4. The van der Waals surface area contributed by atoms with Crippen LogP contribution in [0.3, 0.4) is 0 Å². The highest BCUT2D eigenvalue weighted by molar-refractivity contribution is 5.91. The molecule has 3 aromatic rings. The molecule has 1 aromatic heterocycles. The molecular weight excluding hydrogens is 392 g/mol. The monoisotopic (exact) mass is 418 g/mol. The Hall–Kier alpha value is -3.71. The quantitative estimate of drug-likeness (QED) is 0.598. The van der Waals surface area contributed by atoms with Gasteiger partial charge in [-0.3, -0.25) is 4.99 Å². The molecule has 160 valence electrons. The zero-order valence-electron chi connectivity index (χ0n) is 18.1. The van der Waals surface area contributed by atoms with Gasteiger partial charge >= 0.3 is 6.01 Å². The van der Waals surface area contributed by atoms with Crippen LogP contribution in [0.1, 0.15) is 19.4 Å². The lowest BCUT2D eigenvalue weighted by atomic mass is 9.98. The maximum atomic E-state index is 10.1. The van der Waals surface area contributed by atoms with Gasteiger partial charge in [-0.2, -0.15) is 9.97 Å². The Kier molecular flexibility index (Phi) is 6.36. The molecule has 0 atom stereocenters. The largest absolute Gasteiger partial charge is 0.493 e. The topological polar surface area (TPSA) is 91.1 Å². The van der Waals surface area contributed by atoms with Gasteiger partial charge in [0.1, 0.15) is 5.75 Å². The van der Waals surface area contributed by atoms with Crippen molar-refractivity contribution < 1.29 is 14.9 Å². The predicted molar refractivity (Wildman–Crippen MR) is 124 cm³/mol. The van der Waals surface area contributed by atoms with Gasteiger partial charge in [-0.1, -0.05) is 18.7 Å². The third-order valence-electron chi connectivity index (χ3n) is 4.77. The summed E-state index contributed by atoms with van der Waals surface area (Å²) < 4.78 is 5.68. The number of anilines is 2. The number of benzene rings is 2. The van der Waals surface area contributed by atoms with E-state index in [2.05, 4.69) is 21.5 Å². The summed E-state index contributed by atoms with van der Waals surface area (Å²) in [5, 5.41) is 20.9. The molecule has 2 N–H and O–H groups in total. The summed E-state index contributed by atoms with van der Waals surface area (Å²) in [6, 6.07) is 15.2. The van der Waals surface area contributed by atoms with E-state index in [1.807, 2.05) is 48.3 Å². The normalized spacial score (nSPS) is 12.4. The van der Waals surface area contributed by atoms with Crippen LogP contribution in [0.4, 0.5) is 11.4 Å². The SMILES string of the molecule is C=c1nc(Oc2ccc(N(C)c3ccc(C(C)(C)O)cc3)cc2)nc(O)/c1=C/C=N\C. The van der Waals surface area contributed by atoms with Crippen molar-refractivity contribution in [1.29, 1.82) is 0 Å². The van der Waals surface area contributed by atoms with Crippen molar-refractivity contribution in [2.24, 2.45) is 4.99 Å². The Labute approximate surface area is 181 Å². The summed E-state index contributed by atoms with van der Waals surface area (Å²) in [5.41, 5.74) is 1.92. The maximum Gasteiger partial charge on any atom is 0.325 e. The molecule has 2 aromatic carbocycles. The Morgan fingerprint density at radius 3 is 2.13 bits per heavy atom. The first-order valence-electron chi connectivity index (χ1n) is 9.72. The zero-order valence-corrected chi connectivity index (χ0v) is 18.1. The average molecular weight is 418 g/mol. The van der Waals surface area contributed by atoms with Crippen molar-refractivity contribution in [1.82, 2.24) is 9.97 Å². The molecule has 0 aliphatic carbocycles. The highest BCUT2D eigenvalue weighted by Crippen LogP contribution is 2.28. The minimum absolute atomic E-state index is 0.0106. The molecule has 31 heavy (non-hydrogen) atoms. The fourth-order valence-corrected chi connectivity index (χ4v) is 2.93. The number of aromatic nitrogens is 2. The molecule has 0 fully saturated rings. The smallest absolute Gasteiger partial charge is 0.325 e. The van der Waals surface area contributed by atoms with Crippen LogP contribution in [-0.2, 0) is 5.60 Å². The minimum atomic E-state index is -0.875. The van der Waals surface area contributed by atoms with E-state index in [4.69, 9.17) is 4.74 Å². The molecule has 0 aliphatic rings. The van der Waals surface area contributed by atoms with E-state index in [0.29, 0.717) is 16.3 Å². The average Bonchev–Trinajstić information content (AvgIpc) is 2.73. The molecule has 0 spiro atoms. The Balaban J connectivity index is 1.77. The number of aliphatic imine (C=N–C) groups is 1. The van der Waals surface area contributed by atoms with E-state index >= 15 is 0 Å². The van der Waals surface area contributed by atoms with Crippen molar-refractivity contribution in [3.8, 4) is 17.6 Å². The van der Waals surface area contributed by atoms with Crippen molar-refractivity contribution in [3.05, 3.63) is 64.7 Å². The number of hydrogen-bond acceptors (Lipinski definition) is 7. The minimum Gasteiger partial charge on any atom is -0.493 e. The van der Waals surface area contributed by atoms with Crippen molar-refractivity contribution in [3.63, 3.8) is 0 Å². The molecule has 7 heteroatoms.